The van der Waals surface area contributed by atoms with Gasteiger partial charge in [-0.25, -0.2) is 4.79 Å². The summed E-state index contributed by atoms with van der Waals surface area (Å²) in [5.74, 6) is 0.278. The Labute approximate surface area is 84.0 Å². The quantitative estimate of drug-likeness (QED) is 0.692. The summed E-state index contributed by atoms with van der Waals surface area (Å²) in [6.45, 7) is 6.16. The van der Waals surface area contributed by atoms with Crippen LogP contribution in [0.3, 0.4) is 0 Å². The average molecular weight is 199 g/mol. The highest BCUT2D eigenvalue weighted by molar-refractivity contribution is 5.70. The number of fused-ring (bicyclic) bond motifs is 1. The van der Waals surface area contributed by atoms with E-state index < -0.39 is 0 Å². The molecule has 4 nitrogen and oxygen atoms in total. The normalized spacial score (nSPS) is 46.8. The third-order valence-electron chi connectivity index (χ3n) is 3.28. The molecule has 0 spiro atoms. The molecule has 0 radical (unpaired) electrons. The number of ether oxygens (including phenoxy) is 2. The topological polar surface area (TPSA) is 47.6 Å². The highest BCUT2D eigenvalue weighted by atomic mass is 16.6. The first kappa shape index (κ1) is 9.77. The van der Waals surface area contributed by atoms with Gasteiger partial charge >= 0.3 is 6.09 Å². The lowest BCUT2D eigenvalue weighted by Crippen LogP contribution is -2.54. The molecule has 2 fully saturated rings. The van der Waals surface area contributed by atoms with Gasteiger partial charge in [0.1, 0.15) is 6.10 Å². The Morgan fingerprint density at radius 3 is 2.79 bits per heavy atom. The van der Waals surface area contributed by atoms with E-state index in [0.717, 1.165) is 6.42 Å². The fraction of sp³-hybridized carbons (Fsp3) is 0.900. The van der Waals surface area contributed by atoms with Gasteiger partial charge in [-0.2, -0.15) is 0 Å². The lowest BCUT2D eigenvalue weighted by molar-refractivity contribution is -0.123. The van der Waals surface area contributed by atoms with E-state index in [1.54, 1.807) is 0 Å². The number of hydrogen-bond donors (Lipinski definition) is 1. The van der Waals surface area contributed by atoms with E-state index in [-0.39, 0.29) is 36.4 Å². The highest BCUT2D eigenvalue weighted by Gasteiger charge is 2.48. The zero-order valence-electron chi connectivity index (χ0n) is 8.82. The van der Waals surface area contributed by atoms with Crippen molar-refractivity contribution in [2.24, 2.45) is 5.92 Å². The van der Waals surface area contributed by atoms with Crippen LogP contribution in [0.15, 0.2) is 0 Å². The smallest absolute Gasteiger partial charge is 0.407 e. The van der Waals surface area contributed by atoms with Crippen molar-refractivity contribution in [1.29, 1.82) is 0 Å². The second-order valence-electron chi connectivity index (χ2n) is 4.19. The molecule has 1 amide bonds. The molecular weight excluding hydrogens is 182 g/mol. The van der Waals surface area contributed by atoms with Crippen molar-refractivity contribution in [3.8, 4) is 0 Å². The third kappa shape index (κ3) is 1.38. The Bertz CT molecular complexity index is 244. The predicted molar refractivity (Wildman–Crippen MR) is 51.0 cm³/mol. The highest BCUT2D eigenvalue weighted by Crippen LogP contribution is 2.32. The minimum Gasteiger partial charge on any atom is -0.444 e. The average Bonchev–Trinajstić information content (AvgIpc) is 2.54. The maximum atomic E-state index is 11.1. The number of rotatable bonds is 1. The van der Waals surface area contributed by atoms with Crippen molar-refractivity contribution in [2.45, 2.75) is 51.5 Å². The molecule has 14 heavy (non-hydrogen) atoms. The Balaban J connectivity index is 2.15. The Kier molecular flexibility index (Phi) is 2.39. The van der Waals surface area contributed by atoms with Gasteiger partial charge in [0.25, 0.3) is 0 Å². The molecule has 2 heterocycles. The molecule has 4 heteroatoms. The Hall–Kier alpha value is -0.770. The summed E-state index contributed by atoms with van der Waals surface area (Å²) >= 11 is 0. The molecule has 2 aliphatic heterocycles. The predicted octanol–water partition coefficient (Wildman–Crippen LogP) is 1.30. The second kappa shape index (κ2) is 3.42. The van der Waals surface area contributed by atoms with E-state index in [4.69, 9.17) is 9.47 Å². The fourth-order valence-electron chi connectivity index (χ4n) is 2.43. The van der Waals surface area contributed by atoms with Crippen molar-refractivity contribution in [2.75, 3.05) is 0 Å². The third-order valence-corrected chi connectivity index (χ3v) is 3.28. The molecule has 0 aromatic carbocycles. The first-order chi connectivity index (χ1) is 6.63. The van der Waals surface area contributed by atoms with Gasteiger partial charge in [-0.15, -0.1) is 0 Å². The van der Waals surface area contributed by atoms with E-state index in [1.165, 1.54) is 0 Å². The molecule has 2 aliphatic rings. The minimum atomic E-state index is -0.306. The molecule has 0 aromatic heterocycles. The lowest BCUT2D eigenvalue weighted by Gasteiger charge is -2.39. The summed E-state index contributed by atoms with van der Waals surface area (Å²) in [7, 11) is 0. The van der Waals surface area contributed by atoms with Crippen molar-refractivity contribution in [3.63, 3.8) is 0 Å². The van der Waals surface area contributed by atoms with Gasteiger partial charge < -0.3 is 14.8 Å². The summed E-state index contributed by atoms with van der Waals surface area (Å²) in [5, 5.41) is 2.79. The first-order valence-electron chi connectivity index (χ1n) is 5.26. The maximum Gasteiger partial charge on any atom is 0.407 e. The maximum absolute atomic E-state index is 11.1. The van der Waals surface area contributed by atoms with Crippen LogP contribution in [-0.2, 0) is 9.47 Å². The van der Waals surface area contributed by atoms with Gasteiger partial charge in [0.05, 0.1) is 18.2 Å². The largest absolute Gasteiger partial charge is 0.444 e. The van der Waals surface area contributed by atoms with E-state index in [9.17, 15) is 4.79 Å². The molecule has 0 bridgehead atoms. The summed E-state index contributed by atoms with van der Waals surface area (Å²) in [4.78, 5) is 11.1. The Morgan fingerprint density at radius 1 is 1.43 bits per heavy atom. The van der Waals surface area contributed by atoms with Crippen LogP contribution >= 0.6 is 0 Å². The molecule has 0 saturated carbocycles. The first-order valence-corrected chi connectivity index (χ1v) is 5.26. The number of carbonyl (C=O) groups excluding carboxylic acids is 1. The van der Waals surface area contributed by atoms with Gasteiger partial charge in [0.2, 0.25) is 0 Å². The summed E-state index contributed by atoms with van der Waals surface area (Å²) < 4.78 is 11.1. The van der Waals surface area contributed by atoms with Gasteiger partial charge in [-0.1, -0.05) is 13.8 Å². The van der Waals surface area contributed by atoms with Crippen molar-refractivity contribution >= 4 is 6.09 Å². The van der Waals surface area contributed by atoms with Gasteiger partial charge in [0, 0.05) is 5.92 Å². The van der Waals surface area contributed by atoms with Crippen LogP contribution in [0, 0.1) is 5.92 Å². The number of nitrogens with one attached hydrogen (secondary N) is 1. The van der Waals surface area contributed by atoms with Crippen LogP contribution < -0.4 is 5.32 Å². The van der Waals surface area contributed by atoms with Crippen LogP contribution in [-0.4, -0.2) is 30.4 Å². The molecule has 2 rings (SSSR count). The number of carbonyl (C=O) groups is 1. The van der Waals surface area contributed by atoms with Gasteiger partial charge in [0.15, 0.2) is 0 Å². The summed E-state index contributed by atoms with van der Waals surface area (Å²) in [6, 6.07) is 0.0281. The van der Waals surface area contributed by atoms with E-state index >= 15 is 0 Å². The van der Waals surface area contributed by atoms with E-state index in [2.05, 4.69) is 19.2 Å². The van der Waals surface area contributed by atoms with Gasteiger partial charge in [-0.05, 0) is 13.3 Å². The molecule has 3 unspecified atom stereocenters. The lowest BCUT2D eigenvalue weighted by atomic mass is 9.86. The monoisotopic (exact) mass is 199 g/mol. The Morgan fingerprint density at radius 2 is 2.14 bits per heavy atom. The summed E-state index contributed by atoms with van der Waals surface area (Å²) in [6.07, 6.45) is 0.897. The molecule has 1 N–H and O–H groups in total. The molecule has 2 saturated heterocycles. The van der Waals surface area contributed by atoms with Crippen molar-refractivity contribution in [3.05, 3.63) is 0 Å². The summed E-state index contributed by atoms with van der Waals surface area (Å²) in [5.41, 5.74) is 0. The second-order valence-corrected chi connectivity index (χ2v) is 4.19. The zero-order chi connectivity index (χ0) is 10.3. The number of alkyl carbamates (subject to hydrolysis) is 1. The molecule has 0 aliphatic carbocycles. The molecule has 80 valence electrons. The van der Waals surface area contributed by atoms with Crippen LogP contribution in [0.2, 0.25) is 0 Å². The van der Waals surface area contributed by atoms with Crippen LogP contribution in [0.4, 0.5) is 4.79 Å². The number of hydrogen-bond acceptors (Lipinski definition) is 3. The fourth-order valence-corrected chi connectivity index (χ4v) is 2.43. The minimum absolute atomic E-state index is 0.0174. The molecular formula is C10H17NO3. The zero-order valence-corrected chi connectivity index (χ0v) is 8.82. The molecule has 5 atom stereocenters. The van der Waals surface area contributed by atoms with E-state index in [0.29, 0.717) is 0 Å². The SMILES string of the molecule is CCC1OC(C)C2NC(=O)O[C@H]2[C@@H]1C. The van der Waals surface area contributed by atoms with E-state index in [1.807, 2.05) is 6.92 Å². The van der Waals surface area contributed by atoms with Crippen LogP contribution in [0.5, 0.6) is 0 Å². The number of amides is 1. The van der Waals surface area contributed by atoms with Crippen LogP contribution in [0.25, 0.3) is 0 Å². The van der Waals surface area contributed by atoms with Crippen molar-refractivity contribution < 1.29 is 14.3 Å². The van der Waals surface area contributed by atoms with Gasteiger partial charge in [-0.3, -0.25) is 0 Å². The van der Waals surface area contributed by atoms with Crippen LogP contribution in [0.1, 0.15) is 27.2 Å². The standard InChI is InChI=1S/C10H17NO3/c1-4-7-5(2)9-8(6(3)13-7)11-10(12)14-9/h5-9H,4H2,1-3H3,(H,11,12)/t5-,6?,7?,8?,9+/m1/s1. The van der Waals surface area contributed by atoms with Crippen molar-refractivity contribution in [1.82, 2.24) is 5.32 Å². The molecule has 0 aromatic rings.